The Labute approximate surface area is 143 Å². The minimum absolute atomic E-state index is 0.00436. The van der Waals surface area contributed by atoms with Crippen molar-refractivity contribution < 1.29 is 13.2 Å². The standard InChI is InChI=1S/C17H25N3O3S/c1-18-11-13-4-3-9-20(12-13)24(22,23)15-7-8-16-14(10-15)5-2-6-17(21)19-16/h7-8,10,13,18H,2-6,9,11-12H2,1H3,(H,19,21). The Hall–Kier alpha value is -1.44. The average Bonchev–Trinajstić information content (AvgIpc) is 2.75. The van der Waals surface area contributed by atoms with Crippen molar-refractivity contribution in [3.63, 3.8) is 0 Å². The minimum atomic E-state index is -3.48. The first-order chi connectivity index (χ1) is 11.5. The monoisotopic (exact) mass is 351 g/mol. The van der Waals surface area contributed by atoms with Crippen molar-refractivity contribution >= 4 is 21.6 Å². The maximum atomic E-state index is 13.0. The normalized spacial score (nSPS) is 22.5. The summed E-state index contributed by atoms with van der Waals surface area (Å²) < 4.78 is 27.6. The Morgan fingerprint density at radius 3 is 2.92 bits per heavy atom. The van der Waals surface area contributed by atoms with Gasteiger partial charge in [-0.3, -0.25) is 4.79 Å². The number of rotatable bonds is 4. The largest absolute Gasteiger partial charge is 0.326 e. The summed E-state index contributed by atoms with van der Waals surface area (Å²) in [5.74, 6) is 0.355. The quantitative estimate of drug-likeness (QED) is 0.863. The van der Waals surface area contributed by atoms with E-state index >= 15 is 0 Å². The number of hydrogen-bond donors (Lipinski definition) is 2. The lowest BCUT2D eigenvalue weighted by Gasteiger charge is -2.32. The number of carbonyl (C=O) groups excluding carboxylic acids is 1. The van der Waals surface area contributed by atoms with Gasteiger partial charge in [-0.25, -0.2) is 8.42 Å². The highest BCUT2D eigenvalue weighted by molar-refractivity contribution is 7.89. The van der Waals surface area contributed by atoms with E-state index < -0.39 is 10.0 Å². The molecule has 0 spiro atoms. The molecule has 1 fully saturated rings. The lowest BCUT2D eigenvalue weighted by atomic mass is 10.00. The Morgan fingerprint density at radius 1 is 1.29 bits per heavy atom. The Kier molecular flexibility index (Phi) is 5.22. The van der Waals surface area contributed by atoms with Gasteiger partial charge in [0.2, 0.25) is 15.9 Å². The zero-order valence-electron chi connectivity index (χ0n) is 14.0. The molecule has 1 atom stereocenters. The molecule has 0 radical (unpaired) electrons. The van der Waals surface area contributed by atoms with Gasteiger partial charge < -0.3 is 10.6 Å². The zero-order chi connectivity index (χ0) is 17.2. The molecule has 6 nitrogen and oxygen atoms in total. The summed E-state index contributed by atoms with van der Waals surface area (Å²) >= 11 is 0. The van der Waals surface area contributed by atoms with Crippen molar-refractivity contribution in [3.05, 3.63) is 23.8 Å². The molecule has 2 aliphatic heterocycles. The predicted octanol–water partition coefficient (Wildman–Crippen LogP) is 1.58. The number of benzene rings is 1. The molecule has 0 saturated carbocycles. The predicted molar refractivity (Wildman–Crippen MR) is 93.4 cm³/mol. The third-order valence-corrected chi connectivity index (χ3v) is 6.67. The molecule has 1 saturated heterocycles. The first kappa shape index (κ1) is 17.4. The molecule has 2 aliphatic rings. The van der Waals surface area contributed by atoms with E-state index in [2.05, 4.69) is 10.6 Å². The molecule has 0 aromatic heterocycles. The van der Waals surface area contributed by atoms with Crippen LogP contribution in [0.5, 0.6) is 0 Å². The molecule has 0 aliphatic carbocycles. The van der Waals surface area contributed by atoms with Gasteiger partial charge in [-0.1, -0.05) is 0 Å². The molecule has 2 N–H and O–H groups in total. The van der Waals surface area contributed by atoms with Crippen LogP contribution in [-0.2, 0) is 21.2 Å². The van der Waals surface area contributed by atoms with E-state index in [-0.39, 0.29) is 5.91 Å². The van der Waals surface area contributed by atoms with Gasteiger partial charge in [0.1, 0.15) is 0 Å². The maximum absolute atomic E-state index is 13.0. The zero-order valence-corrected chi connectivity index (χ0v) is 14.9. The average molecular weight is 351 g/mol. The van der Waals surface area contributed by atoms with Crippen LogP contribution in [0.25, 0.3) is 0 Å². The van der Waals surface area contributed by atoms with Crippen LogP contribution in [0.3, 0.4) is 0 Å². The summed E-state index contributed by atoms with van der Waals surface area (Å²) in [6.45, 7) is 1.98. The van der Waals surface area contributed by atoms with Crippen LogP contribution in [0, 0.1) is 5.92 Å². The third-order valence-electron chi connectivity index (χ3n) is 4.81. The second kappa shape index (κ2) is 7.21. The fourth-order valence-corrected chi connectivity index (χ4v) is 5.17. The maximum Gasteiger partial charge on any atom is 0.243 e. The second-order valence-electron chi connectivity index (χ2n) is 6.65. The van der Waals surface area contributed by atoms with Crippen LogP contribution < -0.4 is 10.6 Å². The smallest absolute Gasteiger partial charge is 0.243 e. The van der Waals surface area contributed by atoms with Gasteiger partial charge in [0.15, 0.2) is 0 Å². The van der Waals surface area contributed by atoms with E-state index in [4.69, 9.17) is 0 Å². The topological polar surface area (TPSA) is 78.5 Å². The van der Waals surface area contributed by atoms with Crippen molar-refractivity contribution in [2.24, 2.45) is 5.92 Å². The SMILES string of the molecule is CNCC1CCCN(S(=O)(=O)c2ccc3c(c2)CCCC(=O)N3)C1. The van der Waals surface area contributed by atoms with E-state index in [0.29, 0.717) is 30.3 Å². The summed E-state index contributed by atoms with van der Waals surface area (Å²) in [5.41, 5.74) is 1.65. The van der Waals surface area contributed by atoms with Crippen molar-refractivity contribution in [1.82, 2.24) is 9.62 Å². The lowest BCUT2D eigenvalue weighted by Crippen LogP contribution is -2.42. The molecule has 132 valence electrons. The minimum Gasteiger partial charge on any atom is -0.326 e. The molecular weight excluding hydrogens is 326 g/mol. The van der Waals surface area contributed by atoms with Crippen LogP contribution in [0.4, 0.5) is 5.69 Å². The van der Waals surface area contributed by atoms with Crippen molar-refractivity contribution in [1.29, 1.82) is 0 Å². The number of piperidine rings is 1. The van der Waals surface area contributed by atoms with Crippen molar-refractivity contribution in [3.8, 4) is 0 Å². The highest BCUT2D eigenvalue weighted by Crippen LogP contribution is 2.28. The van der Waals surface area contributed by atoms with E-state index in [1.165, 1.54) is 0 Å². The van der Waals surface area contributed by atoms with Gasteiger partial charge in [0.25, 0.3) is 0 Å². The number of anilines is 1. The summed E-state index contributed by atoms with van der Waals surface area (Å²) in [4.78, 5) is 12.0. The molecule has 7 heteroatoms. The molecule has 1 amide bonds. The first-order valence-corrected chi connectivity index (χ1v) is 10.0. The van der Waals surface area contributed by atoms with Crippen LogP contribution in [0.1, 0.15) is 31.2 Å². The second-order valence-corrected chi connectivity index (χ2v) is 8.59. The summed E-state index contributed by atoms with van der Waals surface area (Å²) in [6, 6.07) is 5.07. The molecule has 1 unspecified atom stereocenters. The molecule has 1 aromatic rings. The van der Waals surface area contributed by atoms with Crippen molar-refractivity contribution in [2.45, 2.75) is 37.0 Å². The number of fused-ring (bicyclic) bond motifs is 1. The van der Waals surface area contributed by atoms with E-state index in [9.17, 15) is 13.2 Å². The van der Waals surface area contributed by atoms with E-state index in [1.807, 2.05) is 7.05 Å². The molecular formula is C17H25N3O3S. The van der Waals surface area contributed by atoms with Crippen LogP contribution in [0.15, 0.2) is 23.1 Å². The number of hydrogen-bond acceptors (Lipinski definition) is 4. The van der Waals surface area contributed by atoms with E-state index in [1.54, 1.807) is 22.5 Å². The molecule has 3 rings (SSSR count). The molecule has 24 heavy (non-hydrogen) atoms. The molecule has 2 heterocycles. The lowest BCUT2D eigenvalue weighted by molar-refractivity contribution is -0.116. The fourth-order valence-electron chi connectivity index (χ4n) is 3.56. The fraction of sp³-hybridized carbons (Fsp3) is 0.588. The summed E-state index contributed by atoms with van der Waals surface area (Å²) in [5, 5.41) is 5.99. The Balaban J connectivity index is 1.84. The number of amides is 1. The van der Waals surface area contributed by atoms with Crippen LogP contribution in [-0.4, -0.2) is 45.3 Å². The summed E-state index contributed by atoms with van der Waals surface area (Å²) in [6.07, 6.45) is 3.90. The number of nitrogens with zero attached hydrogens (tertiary/aromatic N) is 1. The van der Waals surface area contributed by atoms with Gasteiger partial charge >= 0.3 is 0 Å². The summed E-state index contributed by atoms with van der Waals surface area (Å²) in [7, 11) is -1.58. The number of carbonyl (C=O) groups is 1. The van der Waals surface area contributed by atoms with Gasteiger partial charge in [0, 0.05) is 25.2 Å². The molecule has 1 aromatic carbocycles. The van der Waals surface area contributed by atoms with Crippen LogP contribution >= 0.6 is 0 Å². The van der Waals surface area contributed by atoms with E-state index in [0.717, 1.165) is 43.5 Å². The first-order valence-electron chi connectivity index (χ1n) is 8.58. The highest BCUT2D eigenvalue weighted by atomic mass is 32.2. The van der Waals surface area contributed by atoms with Gasteiger partial charge in [-0.2, -0.15) is 4.31 Å². The van der Waals surface area contributed by atoms with Gasteiger partial charge in [-0.05, 0) is 69.0 Å². The third kappa shape index (κ3) is 3.63. The molecule has 0 bridgehead atoms. The van der Waals surface area contributed by atoms with Crippen LogP contribution in [0.2, 0.25) is 0 Å². The number of aryl methyl sites for hydroxylation is 1. The highest BCUT2D eigenvalue weighted by Gasteiger charge is 2.30. The van der Waals surface area contributed by atoms with Gasteiger partial charge in [-0.15, -0.1) is 0 Å². The number of sulfonamides is 1. The Bertz CT molecular complexity index is 716. The Morgan fingerprint density at radius 2 is 2.12 bits per heavy atom. The van der Waals surface area contributed by atoms with Gasteiger partial charge in [0.05, 0.1) is 4.90 Å². The van der Waals surface area contributed by atoms with Crippen molar-refractivity contribution in [2.75, 3.05) is 32.0 Å². The number of nitrogens with one attached hydrogen (secondary N) is 2.